The molecule has 2 aromatic carbocycles. The molecule has 8 heteroatoms. The summed E-state index contributed by atoms with van der Waals surface area (Å²) in [4.78, 5) is 14.0. The van der Waals surface area contributed by atoms with E-state index in [0.717, 1.165) is 30.9 Å². The van der Waals surface area contributed by atoms with Crippen LogP contribution in [0.1, 0.15) is 23.2 Å². The molecule has 1 fully saturated rings. The Balaban J connectivity index is 1.68. The molecule has 0 saturated carbocycles. The Hall–Kier alpha value is -2.48. The summed E-state index contributed by atoms with van der Waals surface area (Å²) in [7, 11) is -4.66. The molecule has 0 atom stereocenters. The second kappa shape index (κ2) is 7.41. The Labute approximate surface area is 150 Å². The largest absolute Gasteiger partial charge is 0.372 e. The van der Waals surface area contributed by atoms with Crippen molar-refractivity contribution in [1.82, 2.24) is 0 Å². The van der Waals surface area contributed by atoms with Crippen molar-refractivity contribution in [3.05, 3.63) is 54.1 Å². The molecule has 1 amide bonds. The third-order valence-electron chi connectivity index (χ3n) is 4.28. The highest BCUT2D eigenvalue weighted by Crippen LogP contribution is 2.23. The number of carbonyl (C=O) groups is 1. The van der Waals surface area contributed by atoms with Crippen molar-refractivity contribution in [3.8, 4) is 0 Å². The van der Waals surface area contributed by atoms with Gasteiger partial charge < -0.3 is 10.2 Å². The minimum atomic E-state index is -4.66. The molecule has 1 heterocycles. The number of anilines is 2. The molecule has 5 nitrogen and oxygen atoms in total. The maximum Gasteiger partial charge on any atom is 0.341 e. The van der Waals surface area contributed by atoms with Gasteiger partial charge in [-0.1, -0.05) is 0 Å². The normalized spacial score (nSPS) is 14.7. The quantitative estimate of drug-likeness (QED) is 0.862. The molecule has 0 aliphatic carbocycles. The van der Waals surface area contributed by atoms with Crippen LogP contribution in [0.2, 0.25) is 0 Å². The molecule has 0 aromatic heterocycles. The Morgan fingerprint density at radius 2 is 1.54 bits per heavy atom. The predicted molar refractivity (Wildman–Crippen MR) is 95.5 cm³/mol. The van der Waals surface area contributed by atoms with E-state index >= 15 is 0 Å². The van der Waals surface area contributed by atoms with Gasteiger partial charge in [0.1, 0.15) is 0 Å². The standard InChI is InChI=1S/C18H18F2N2O3S/c19-18(20)26(24,25)16-9-3-13(4-10-16)17(23)21-14-5-7-15(8-6-14)22-11-1-2-12-22/h3-10,18H,1-2,11-12H2,(H,21,23). The van der Waals surface area contributed by atoms with Crippen molar-refractivity contribution >= 4 is 27.1 Å². The Morgan fingerprint density at radius 3 is 2.08 bits per heavy atom. The van der Waals surface area contributed by atoms with Crippen molar-refractivity contribution in [2.24, 2.45) is 0 Å². The smallest absolute Gasteiger partial charge is 0.341 e. The zero-order valence-electron chi connectivity index (χ0n) is 13.9. The number of nitrogens with one attached hydrogen (secondary N) is 1. The highest BCUT2D eigenvalue weighted by molar-refractivity contribution is 7.91. The molecule has 0 spiro atoms. The van der Waals surface area contributed by atoms with Crippen LogP contribution in [0.15, 0.2) is 53.4 Å². The molecule has 0 radical (unpaired) electrons. The molecule has 1 aliphatic rings. The summed E-state index contributed by atoms with van der Waals surface area (Å²) in [5.41, 5.74) is 1.88. The van der Waals surface area contributed by atoms with Crippen LogP contribution in [0.25, 0.3) is 0 Å². The second-order valence-electron chi connectivity index (χ2n) is 6.03. The minimum Gasteiger partial charge on any atom is -0.372 e. The van der Waals surface area contributed by atoms with Crippen LogP contribution in [0, 0.1) is 0 Å². The summed E-state index contributed by atoms with van der Waals surface area (Å²) in [5, 5.41) is 2.70. The van der Waals surface area contributed by atoms with Crippen LogP contribution in [-0.4, -0.2) is 33.2 Å². The third-order valence-corrected chi connectivity index (χ3v) is 5.67. The molecular formula is C18H18F2N2O3S. The first-order valence-corrected chi connectivity index (χ1v) is 9.71. The van der Waals surface area contributed by atoms with Crippen molar-refractivity contribution < 1.29 is 22.0 Å². The number of sulfone groups is 1. The van der Waals surface area contributed by atoms with Crippen LogP contribution in [-0.2, 0) is 9.84 Å². The topological polar surface area (TPSA) is 66.5 Å². The lowest BCUT2D eigenvalue weighted by Crippen LogP contribution is -2.17. The summed E-state index contributed by atoms with van der Waals surface area (Å²) in [6.45, 7) is 2.05. The van der Waals surface area contributed by atoms with E-state index < -0.39 is 26.4 Å². The maximum absolute atomic E-state index is 12.5. The molecule has 138 valence electrons. The molecule has 2 aromatic rings. The van der Waals surface area contributed by atoms with E-state index in [4.69, 9.17) is 0 Å². The van der Waals surface area contributed by atoms with Crippen LogP contribution in [0.5, 0.6) is 0 Å². The second-order valence-corrected chi connectivity index (χ2v) is 7.94. The van der Waals surface area contributed by atoms with E-state index in [2.05, 4.69) is 10.2 Å². The SMILES string of the molecule is O=C(Nc1ccc(N2CCCC2)cc1)c1ccc(S(=O)(=O)C(F)F)cc1. The fraction of sp³-hybridized carbons (Fsp3) is 0.278. The molecule has 1 N–H and O–H groups in total. The Bertz CT molecular complexity index is 876. The van der Waals surface area contributed by atoms with Crippen molar-refractivity contribution in [2.45, 2.75) is 23.5 Å². The molecule has 3 rings (SSSR count). The summed E-state index contributed by atoms with van der Waals surface area (Å²) >= 11 is 0. The van der Waals surface area contributed by atoms with Crippen molar-refractivity contribution in [2.75, 3.05) is 23.3 Å². The molecule has 0 bridgehead atoms. The zero-order chi connectivity index (χ0) is 18.7. The lowest BCUT2D eigenvalue weighted by molar-refractivity contribution is 0.102. The number of amides is 1. The summed E-state index contributed by atoms with van der Waals surface area (Å²) in [6, 6.07) is 11.9. The number of rotatable bonds is 5. The van der Waals surface area contributed by atoms with Gasteiger partial charge >= 0.3 is 5.76 Å². The van der Waals surface area contributed by atoms with E-state index in [1.54, 1.807) is 12.1 Å². The van der Waals surface area contributed by atoms with Gasteiger partial charge in [0.25, 0.3) is 5.91 Å². The Kier molecular flexibility index (Phi) is 5.22. The fourth-order valence-corrected chi connectivity index (χ4v) is 3.55. The lowest BCUT2D eigenvalue weighted by atomic mass is 10.2. The highest BCUT2D eigenvalue weighted by atomic mass is 32.2. The van der Waals surface area contributed by atoms with E-state index in [9.17, 15) is 22.0 Å². The van der Waals surface area contributed by atoms with Gasteiger partial charge in [0.2, 0.25) is 9.84 Å². The first-order chi connectivity index (χ1) is 12.4. The van der Waals surface area contributed by atoms with Gasteiger partial charge in [-0.2, -0.15) is 8.78 Å². The van der Waals surface area contributed by atoms with Gasteiger partial charge in [0.15, 0.2) is 0 Å². The van der Waals surface area contributed by atoms with Crippen molar-refractivity contribution in [1.29, 1.82) is 0 Å². The van der Waals surface area contributed by atoms with E-state index in [0.29, 0.717) is 5.69 Å². The third kappa shape index (κ3) is 3.85. The number of carbonyl (C=O) groups excluding carboxylic acids is 1. The van der Waals surface area contributed by atoms with Crippen molar-refractivity contribution in [3.63, 3.8) is 0 Å². The average molecular weight is 380 g/mol. The molecule has 26 heavy (non-hydrogen) atoms. The summed E-state index contributed by atoms with van der Waals surface area (Å²) < 4.78 is 47.8. The van der Waals surface area contributed by atoms with Gasteiger partial charge in [-0.25, -0.2) is 8.42 Å². The van der Waals surface area contributed by atoms with Crippen LogP contribution in [0.3, 0.4) is 0 Å². The lowest BCUT2D eigenvalue weighted by Gasteiger charge is -2.17. The van der Waals surface area contributed by atoms with Crippen LogP contribution in [0.4, 0.5) is 20.2 Å². The number of benzene rings is 2. The number of nitrogens with zero attached hydrogens (tertiary/aromatic N) is 1. The molecular weight excluding hydrogens is 362 g/mol. The molecule has 0 unspecified atom stereocenters. The maximum atomic E-state index is 12.5. The number of alkyl halides is 2. The van der Waals surface area contributed by atoms with Crippen LogP contribution >= 0.6 is 0 Å². The summed E-state index contributed by atoms with van der Waals surface area (Å²) in [5.74, 6) is -3.93. The zero-order valence-corrected chi connectivity index (χ0v) is 14.7. The molecule has 1 saturated heterocycles. The van der Waals surface area contributed by atoms with E-state index in [-0.39, 0.29) is 5.56 Å². The predicted octanol–water partition coefficient (Wildman–Crippen LogP) is 3.54. The molecule has 1 aliphatic heterocycles. The monoisotopic (exact) mass is 380 g/mol. The van der Waals surface area contributed by atoms with Gasteiger partial charge in [-0.15, -0.1) is 0 Å². The minimum absolute atomic E-state index is 0.182. The van der Waals surface area contributed by atoms with Gasteiger partial charge in [0, 0.05) is 30.0 Å². The van der Waals surface area contributed by atoms with E-state index in [1.807, 2.05) is 12.1 Å². The first kappa shape index (κ1) is 18.3. The Morgan fingerprint density at radius 1 is 0.962 bits per heavy atom. The van der Waals surface area contributed by atoms with Gasteiger partial charge in [-0.3, -0.25) is 4.79 Å². The number of halogens is 2. The number of hydrogen-bond donors (Lipinski definition) is 1. The summed E-state index contributed by atoms with van der Waals surface area (Å²) in [6.07, 6.45) is 2.35. The number of hydrogen-bond acceptors (Lipinski definition) is 4. The average Bonchev–Trinajstić information content (AvgIpc) is 3.17. The fourth-order valence-electron chi connectivity index (χ4n) is 2.83. The highest BCUT2D eigenvalue weighted by Gasteiger charge is 2.26. The van der Waals surface area contributed by atoms with Crippen LogP contribution < -0.4 is 10.2 Å². The van der Waals surface area contributed by atoms with Gasteiger partial charge in [-0.05, 0) is 61.4 Å². The van der Waals surface area contributed by atoms with Gasteiger partial charge in [0.05, 0.1) is 4.90 Å². The first-order valence-electron chi connectivity index (χ1n) is 8.16. The van der Waals surface area contributed by atoms with E-state index in [1.165, 1.54) is 25.0 Å².